The highest BCUT2D eigenvalue weighted by Crippen LogP contribution is 2.13. The topological polar surface area (TPSA) is 72.1 Å². The second-order valence-corrected chi connectivity index (χ2v) is 4.57. The summed E-state index contributed by atoms with van der Waals surface area (Å²) in [7, 11) is 1.67. The first-order valence-electron chi connectivity index (χ1n) is 6.61. The van der Waals surface area contributed by atoms with Crippen LogP contribution in [0.2, 0.25) is 0 Å². The number of nitrogens with two attached hydrogens (primary N) is 1. The molecule has 3 N–H and O–H groups in total. The Hall–Kier alpha value is -0.850. The molecule has 18 heavy (non-hydrogen) atoms. The Balaban J connectivity index is 2.58. The third-order valence-corrected chi connectivity index (χ3v) is 2.96. The molecular formula is C12H26N4O2. The Kier molecular flexibility index (Phi) is 7.00. The van der Waals surface area contributed by atoms with Gasteiger partial charge in [0, 0.05) is 26.8 Å². The van der Waals surface area contributed by atoms with E-state index < -0.39 is 0 Å². The van der Waals surface area contributed by atoms with Crippen molar-refractivity contribution in [1.82, 2.24) is 10.3 Å². The van der Waals surface area contributed by atoms with Crippen LogP contribution in [0, 0.1) is 0 Å². The van der Waals surface area contributed by atoms with Gasteiger partial charge < -0.3 is 14.4 Å². The number of hydrogen-bond acceptors (Lipinski definition) is 4. The second kappa shape index (κ2) is 8.29. The van der Waals surface area contributed by atoms with Gasteiger partial charge >= 0.3 is 0 Å². The fourth-order valence-electron chi connectivity index (χ4n) is 2.20. The highest BCUT2D eigenvalue weighted by atomic mass is 16.5. The van der Waals surface area contributed by atoms with Gasteiger partial charge in [-0.1, -0.05) is 0 Å². The number of rotatable bonds is 5. The third kappa shape index (κ3) is 4.80. The second-order valence-electron chi connectivity index (χ2n) is 4.57. The zero-order chi connectivity index (χ0) is 13.4. The summed E-state index contributed by atoms with van der Waals surface area (Å²) in [4.78, 5) is 6.68. The lowest BCUT2D eigenvalue weighted by Crippen LogP contribution is -2.51. The van der Waals surface area contributed by atoms with Gasteiger partial charge in [-0.3, -0.25) is 5.43 Å². The summed E-state index contributed by atoms with van der Waals surface area (Å²) in [5, 5.41) is 0. The summed E-state index contributed by atoms with van der Waals surface area (Å²) < 4.78 is 10.7. The lowest BCUT2D eigenvalue weighted by atomic mass is 10.1. The molecule has 1 rings (SSSR count). The summed E-state index contributed by atoms with van der Waals surface area (Å²) >= 11 is 0. The van der Waals surface area contributed by atoms with Gasteiger partial charge in [0.15, 0.2) is 0 Å². The predicted molar refractivity (Wildman–Crippen MR) is 72.3 cm³/mol. The molecule has 0 amide bonds. The van der Waals surface area contributed by atoms with E-state index in [-0.39, 0.29) is 12.1 Å². The molecule has 6 nitrogen and oxygen atoms in total. The van der Waals surface area contributed by atoms with Crippen LogP contribution in [0.4, 0.5) is 0 Å². The van der Waals surface area contributed by atoms with Crippen molar-refractivity contribution in [2.45, 2.75) is 38.8 Å². The zero-order valence-electron chi connectivity index (χ0n) is 11.7. The summed E-state index contributed by atoms with van der Waals surface area (Å²) in [6.07, 6.45) is 2.49. The fourth-order valence-corrected chi connectivity index (χ4v) is 2.20. The number of hydrazine groups is 1. The molecule has 0 saturated carbocycles. The van der Waals surface area contributed by atoms with E-state index in [1.165, 1.54) is 0 Å². The van der Waals surface area contributed by atoms with Crippen molar-refractivity contribution in [3.63, 3.8) is 0 Å². The molecular weight excluding hydrogens is 232 g/mol. The number of methoxy groups -OCH3 is 1. The summed E-state index contributed by atoms with van der Waals surface area (Å²) in [5.41, 5.74) is 2.69. The van der Waals surface area contributed by atoms with Crippen molar-refractivity contribution in [3.8, 4) is 0 Å². The van der Waals surface area contributed by atoms with Crippen molar-refractivity contribution in [3.05, 3.63) is 0 Å². The molecule has 2 unspecified atom stereocenters. The molecule has 6 heteroatoms. The maximum Gasteiger partial charge on any atom is 0.208 e. The van der Waals surface area contributed by atoms with E-state index in [0.717, 1.165) is 38.5 Å². The highest BCUT2D eigenvalue weighted by Gasteiger charge is 2.22. The average molecular weight is 258 g/mol. The van der Waals surface area contributed by atoms with Gasteiger partial charge in [0.1, 0.15) is 0 Å². The molecule has 1 aliphatic rings. The van der Waals surface area contributed by atoms with Crippen LogP contribution < -0.4 is 11.3 Å². The predicted octanol–water partition coefficient (Wildman–Crippen LogP) is 0.342. The zero-order valence-corrected chi connectivity index (χ0v) is 11.7. The maximum absolute atomic E-state index is 5.67. The quantitative estimate of drug-likeness (QED) is 0.322. The third-order valence-electron chi connectivity index (χ3n) is 2.96. The molecule has 1 fully saturated rings. The van der Waals surface area contributed by atoms with Gasteiger partial charge in [0.05, 0.1) is 18.8 Å². The molecule has 0 aromatic carbocycles. The van der Waals surface area contributed by atoms with Crippen LogP contribution in [0.3, 0.4) is 0 Å². The molecule has 2 atom stereocenters. The van der Waals surface area contributed by atoms with Crippen molar-refractivity contribution in [1.29, 1.82) is 0 Å². The molecule has 0 spiro atoms. The Bertz CT molecular complexity index is 258. The lowest BCUT2D eigenvalue weighted by Gasteiger charge is -2.34. The Morgan fingerprint density at radius 3 is 3.00 bits per heavy atom. The van der Waals surface area contributed by atoms with Crippen molar-refractivity contribution >= 4 is 5.96 Å². The van der Waals surface area contributed by atoms with E-state index in [4.69, 9.17) is 15.3 Å². The summed E-state index contributed by atoms with van der Waals surface area (Å²) in [5.74, 6) is 6.29. The minimum atomic E-state index is 0.0912. The molecule has 1 heterocycles. The monoisotopic (exact) mass is 258 g/mol. The Morgan fingerprint density at radius 1 is 1.61 bits per heavy atom. The number of nitrogens with zero attached hydrogens (tertiary/aromatic N) is 2. The number of ether oxygens (including phenoxy) is 2. The van der Waals surface area contributed by atoms with Gasteiger partial charge in [-0.2, -0.15) is 0 Å². The standard InChI is InChI=1S/C12H26N4O2/c1-4-18-11-6-5-7-16(8-11)12(15-13)14-10(2)9-17-3/h10-11H,4-9,13H2,1-3H3,(H,14,15). The van der Waals surface area contributed by atoms with E-state index >= 15 is 0 Å². The highest BCUT2D eigenvalue weighted by molar-refractivity contribution is 5.79. The van der Waals surface area contributed by atoms with Crippen LogP contribution in [-0.4, -0.2) is 56.4 Å². The largest absolute Gasteiger partial charge is 0.382 e. The normalized spacial score (nSPS) is 23.0. The molecule has 0 aliphatic carbocycles. The van der Waals surface area contributed by atoms with Gasteiger partial charge in [0.2, 0.25) is 5.96 Å². The summed E-state index contributed by atoms with van der Waals surface area (Å²) in [6, 6.07) is 0.0912. The van der Waals surface area contributed by atoms with E-state index in [0.29, 0.717) is 6.61 Å². The molecule has 0 radical (unpaired) electrons. The smallest absolute Gasteiger partial charge is 0.208 e. The van der Waals surface area contributed by atoms with Crippen LogP contribution in [0.5, 0.6) is 0 Å². The van der Waals surface area contributed by atoms with Crippen LogP contribution in [0.15, 0.2) is 4.99 Å². The van der Waals surface area contributed by atoms with E-state index in [1.54, 1.807) is 7.11 Å². The fraction of sp³-hybridized carbons (Fsp3) is 0.917. The van der Waals surface area contributed by atoms with E-state index in [2.05, 4.69) is 15.3 Å². The maximum atomic E-state index is 5.67. The minimum absolute atomic E-state index is 0.0912. The van der Waals surface area contributed by atoms with E-state index in [1.807, 2.05) is 13.8 Å². The average Bonchev–Trinajstić information content (AvgIpc) is 2.37. The first-order chi connectivity index (χ1) is 8.71. The van der Waals surface area contributed by atoms with Crippen molar-refractivity contribution < 1.29 is 9.47 Å². The molecule has 0 aromatic rings. The first-order valence-corrected chi connectivity index (χ1v) is 6.61. The Labute approximate surface area is 109 Å². The molecule has 1 saturated heterocycles. The molecule has 0 bridgehead atoms. The Morgan fingerprint density at radius 2 is 2.39 bits per heavy atom. The number of piperidine rings is 1. The van der Waals surface area contributed by atoms with Gasteiger partial charge in [-0.25, -0.2) is 10.8 Å². The lowest BCUT2D eigenvalue weighted by molar-refractivity contribution is 0.0226. The number of aliphatic imine (C=N–C) groups is 1. The summed E-state index contributed by atoms with van der Waals surface area (Å²) in [6.45, 7) is 7.18. The van der Waals surface area contributed by atoms with Crippen LogP contribution in [-0.2, 0) is 9.47 Å². The van der Waals surface area contributed by atoms with Gasteiger partial charge in [-0.05, 0) is 26.7 Å². The van der Waals surface area contributed by atoms with E-state index in [9.17, 15) is 0 Å². The van der Waals surface area contributed by atoms with Crippen LogP contribution in [0.1, 0.15) is 26.7 Å². The molecule has 0 aromatic heterocycles. The number of guanidine groups is 1. The number of likely N-dealkylation sites (tertiary alicyclic amines) is 1. The van der Waals surface area contributed by atoms with Crippen LogP contribution >= 0.6 is 0 Å². The van der Waals surface area contributed by atoms with Gasteiger partial charge in [0.25, 0.3) is 0 Å². The SMILES string of the molecule is CCOC1CCCN(C(=NC(C)COC)NN)C1. The number of nitrogens with one attached hydrogen (secondary N) is 1. The van der Waals surface area contributed by atoms with Crippen molar-refractivity contribution in [2.24, 2.45) is 10.8 Å². The number of hydrogen-bond donors (Lipinski definition) is 2. The molecule has 106 valence electrons. The first kappa shape index (κ1) is 15.2. The minimum Gasteiger partial charge on any atom is -0.382 e. The van der Waals surface area contributed by atoms with Crippen LogP contribution in [0.25, 0.3) is 0 Å². The molecule has 1 aliphatic heterocycles. The van der Waals surface area contributed by atoms with Gasteiger partial charge in [-0.15, -0.1) is 0 Å². The van der Waals surface area contributed by atoms with Crippen molar-refractivity contribution in [2.75, 3.05) is 33.4 Å².